The lowest BCUT2D eigenvalue weighted by Crippen LogP contribution is -2.70. The van der Waals surface area contributed by atoms with E-state index in [1.54, 1.807) is 4.90 Å². The summed E-state index contributed by atoms with van der Waals surface area (Å²) in [7, 11) is 1.90. The molecule has 6 aliphatic rings. The van der Waals surface area contributed by atoms with Gasteiger partial charge in [0.1, 0.15) is 18.2 Å². The minimum atomic E-state index is -1.10. The Morgan fingerprint density at radius 1 is 0.986 bits per heavy atom. The van der Waals surface area contributed by atoms with E-state index in [2.05, 4.69) is 38.8 Å². The number of aryl methyl sites for hydroxylation is 1. The molecule has 18 heteroatoms. The van der Waals surface area contributed by atoms with E-state index < -0.39 is 40.1 Å². The fourth-order valence-corrected chi connectivity index (χ4v) is 13.1. The largest absolute Gasteiger partial charge is 0.488 e. The molecule has 5 amide bonds. The van der Waals surface area contributed by atoms with Crippen LogP contribution in [0, 0.1) is 23.0 Å². The first-order valence-electron chi connectivity index (χ1n) is 25.6. The normalized spacial score (nSPS) is 24.3. The summed E-state index contributed by atoms with van der Waals surface area (Å²) >= 11 is 6.73. The number of benzene rings is 4. The molecule has 1 aromatic heterocycles. The molecule has 4 aromatic carbocycles. The summed E-state index contributed by atoms with van der Waals surface area (Å²) in [6, 6.07) is 19.8. The molecule has 3 saturated heterocycles. The Labute approximate surface area is 427 Å². The van der Waals surface area contributed by atoms with Crippen LogP contribution < -0.4 is 30.7 Å². The average Bonchev–Trinajstić information content (AvgIpc) is 3.84. The van der Waals surface area contributed by atoms with Gasteiger partial charge in [0, 0.05) is 105 Å². The van der Waals surface area contributed by atoms with E-state index in [1.165, 1.54) is 36.6 Å². The van der Waals surface area contributed by atoms with Gasteiger partial charge in [0.05, 0.1) is 22.7 Å². The zero-order valence-corrected chi connectivity index (χ0v) is 41.9. The van der Waals surface area contributed by atoms with E-state index >= 15 is 8.78 Å². The second kappa shape index (κ2) is 19.3. The highest BCUT2D eigenvalue weighted by atomic mass is 35.5. The van der Waals surface area contributed by atoms with E-state index in [0.29, 0.717) is 41.8 Å². The third kappa shape index (κ3) is 8.68. The Balaban J connectivity index is 0.686. The molecule has 5 N–H and O–H groups in total. The Kier molecular flexibility index (Phi) is 13.0. The molecule has 73 heavy (non-hydrogen) atoms. The number of primary amides is 1. The predicted octanol–water partition coefficient (Wildman–Crippen LogP) is 7.50. The molecule has 0 radical (unpaired) electrons. The number of aliphatic hydroxyl groups is 1. The van der Waals surface area contributed by atoms with Crippen molar-refractivity contribution in [1.82, 2.24) is 30.2 Å². The molecule has 4 aliphatic heterocycles. The van der Waals surface area contributed by atoms with Crippen molar-refractivity contribution in [3.63, 3.8) is 0 Å². The maximum Gasteiger partial charge on any atom is 0.329 e. The van der Waals surface area contributed by atoms with E-state index in [1.807, 2.05) is 53.9 Å². The van der Waals surface area contributed by atoms with Crippen LogP contribution in [-0.2, 0) is 22.2 Å². The van der Waals surface area contributed by atoms with Crippen LogP contribution >= 0.6 is 11.6 Å². The Bertz CT molecular complexity index is 3000. The van der Waals surface area contributed by atoms with Crippen LogP contribution in [0.1, 0.15) is 104 Å². The summed E-state index contributed by atoms with van der Waals surface area (Å²) in [4.78, 5) is 57.1. The van der Waals surface area contributed by atoms with Gasteiger partial charge in [-0.15, -0.1) is 0 Å². The number of nitrogens with one attached hydrogen (secondary N) is 2. The highest BCUT2D eigenvalue weighted by Crippen LogP contribution is 2.57. The van der Waals surface area contributed by atoms with Crippen molar-refractivity contribution >= 4 is 52.1 Å². The number of rotatable bonds is 13. The van der Waals surface area contributed by atoms with Gasteiger partial charge in [-0.05, 0) is 98.1 Å². The summed E-state index contributed by atoms with van der Waals surface area (Å²) in [6.45, 7) is 5.63. The number of nitrogens with zero attached hydrogens (tertiary/aromatic N) is 5. The molecule has 1 spiro atoms. The molecule has 2 aliphatic carbocycles. The van der Waals surface area contributed by atoms with Crippen molar-refractivity contribution in [3.8, 4) is 22.6 Å². The summed E-state index contributed by atoms with van der Waals surface area (Å²) in [5.41, 5.74) is 7.94. The topological polar surface area (TPSA) is 185 Å². The van der Waals surface area contributed by atoms with Gasteiger partial charge in [-0.3, -0.25) is 34.2 Å². The molecule has 2 saturated carbocycles. The lowest BCUT2D eigenvalue weighted by Gasteiger charge is -2.59. The summed E-state index contributed by atoms with van der Waals surface area (Å²) in [5.74, 6) is -2.44. The number of carbonyl (C=O) groups is 4. The zero-order valence-electron chi connectivity index (χ0n) is 41.1. The minimum Gasteiger partial charge on any atom is -0.488 e. The molecule has 11 rings (SSSR count). The minimum absolute atomic E-state index is 0.0442. The van der Waals surface area contributed by atoms with Gasteiger partial charge < -0.3 is 30.5 Å². The zero-order chi connectivity index (χ0) is 50.9. The molecule has 384 valence electrons. The van der Waals surface area contributed by atoms with Crippen LogP contribution in [0.4, 0.5) is 19.4 Å². The van der Waals surface area contributed by atoms with Gasteiger partial charge in [0.15, 0.2) is 23.0 Å². The number of aliphatic hydroxyl groups excluding tert-OH is 1. The number of ether oxygens (including phenoxy) is 2. The smallest absolute Gasteiger partial charge is 0.329 e. The first-order valence-corrected chi connectivity index (χ1v) is 26.0. The Morgan fingerprint density at radius 2 is 1.73 bits per heavy atom. The van der Waals surface area contributed by atoms with E-state index in [-0.39, 0.29) is 71.6 Å². The fourth-order valence-electron chi connectivity index (χ4n) is 12.9. The number of carbonyl (C=O) groups excluding carboxylic acids is 4. The average molecular weight is 1020 g/mol. The highest BCUT2D eigenvalue weighted by Gasteiger charge is 2.52. The molecule has 2 atom stereocenters. The maximum absolute atomic E-state index is 16.5. The van der Waals surface area contributed by atoms with E-state index in [9.17, 15) is 24.3 Å². The van der Waals surface area contributed by atoms with Crippen LogP contribution in [0.2, 0.25) is 5.02 Å². The Morgan fingerprint density at radius 3 is 2.42 bits per heavy atom. The molecular weight excluding hydrogens is 958 g/mol. The summed E-state index contributed by atoms with van der Waals surface area (Å²) < 4.78 is 46.4. The van der Waals surface area contributed by atoms with Crippen molar-refractivity contribution in [2.45, 2.75) is 94.2 Å². The van der Waals surface area contributed by atoms with E-state index in [4.69, 9.17) is 26.8 Å². The SMILES string of the molecule is CC1c2c(cc(F)c(Cl)c2-c2c(C(N)=O)ccc(OCCO)c2F)OC1(CNC1CCC(C(=O)N2CC(N3CC4(CCC(c5ccc6c(N7CCC(=O)NC7=O)nn(C)c6c5)CC4)C3)C2)CC1)c1ccccc1. The number of likely N-dealkylation sites (tertiary alicyclic amines) is 2. The van der Waals surface area contributed by atoms with Crippen LogP contribution in [-0.4, -0.2) is 113 Å². The number of nitrogens with two attached hydrogens (primary N) is 1. The number of hydrogen-bond donors (Lipinski definition) is 4. The second-order valence-electron chi connectivity index (χ2n) is 21.3. The molecule has 5 heterocycles. The number of anilines is 1. The number of aromatic nitrogens is 2. The van der Waals surface area contributed by atoms with E-state index in [0.717, 1.165) is 81.2 Å². The van der Waals surface area contributed by atoms with Crippen LogP contribution in [0.25, 0.3) is 22.0 Å². The van der Waals surface area contributed by atoms with Crippen molar-refractivity contribution in [2.24, 2.45) is 24.1 Å². The van der Waals surface area contributed by atoms with Gasteiger partial charge in [-0.25, -0.2) is 13.6 Å². The molecule has 15 nitrogen and oxygen atoms in total. The lowest BCUT2D eigenvalue weighted by atomic mass is 9.64. The number of fused-ring (bicyclic) bond motifs is 2. The van der Waals surface area contributed by atoms with Crippen LogP contribution in [0.3, 0.4) is 0 Å². The number of halogens is 3. The van der Waals surface area contributed by atoms with Crippen molar-refractivity contribution in [2.75, 3.05) is 57.4 Å². The standard InChI is InChI=1S/C55H61ClF2N8O7/c1-31-45-43(25-40(57)48(56)47(45)46-39(50(59)69)14-15-42(49(46)58)72-23-22-67)73-55(31,35-6-4-3-5-7-35)28-60-36-11-8-33(9-12-36)52(70)64-26-37(27-64)65-29-54(30-65)19-16-32(17-20-54)34-10-13-38-41(24-34)63(2)62-51(38)66-21-18-44(68)61-53(66)71/h3-7,10,13-15,24-25,31-33,36-37,60,67H,8-9,11-12,16-23,26-30H2,1-2H3,(H2,59,69)(H,61,68,71). The summed E-state index contributed by atoms with van der Waals surface area (Å²) in [5, 5.41) is 20.7. The highest BCUT2D eigenvalue weighted by molar-refractivity contribution is 6.34. The third-order valence-corrected chi connectivity index (χ3v) is 17.4. The number of imide groups is 1. The van der Waals surface area contributed by atoms with Gasteiger partial charge in [-0.1, -0.05) is 54.9 Å². The van der Waals surface area contributed by atoms with Crippen LogP contribution in [0.5, 0.6) is 11.5 Å². The molecule has 5 aromatic rings. The number of hydrogen-bond acceptors (Lipinski definition) is 10. The second-order valence-corrected chi connectivity index (χ2v) is 21.6. The monoisotopic (exact) mass is 1020 g/mol. The van der Waals surface area contributed by atoms with Gasteiger partial charge in [0.25, 0.3) is 0 Å². The van der Waals surface area contributed by atoms with Gasteiger partial charge >= 0.3 is 6.03 Å². The molecular formula is C55H61ClF2N8O7. The van der Waals surface area contributed by atoms with Crippen molar-refractivity contribution in [3.05, 3.63) is 106 Å². The first-order chi connectivity index (χ1) is 35.2. The number of amides is 5. The molecule has 5 fully saturated rings. The van der Waals surface area contributed by atoms with Gasteiger partial charge in [-0.2, -0.15) is 5.10 Å². The summed E-state index contributed by atoms with van der Waals surface area (Å²) in [6.07, 6.45) is 7.91. The van der Waals surface area contributed by atoms with Crippen molar-refractivity contribution < 1.29 is 42.5 Å². The third-order valence-electron chi connectivity index (χ3n) is 17.1. The molecule has 2 unspecified atom stereocenters. The predicted molar refractivity (Wildman–Crippen MR) is 271 cm³/mol. The van der Waals surface area contributed by atoms with Crippen LogP contribution in [0.15, 0.2) is 66.7 Å². The Hall–Kier alpha value is -6.14. The quantitative estimate of drug-likeness (QED) is 0.0922. The lowest BCUT2D eigenvalue weighted by molar-refractivity contribution is -0.151. The van der Waals surface area contributed by atoms with Gasteiger partial charge in [0.2, 0.25) is 17.7 Å². The fraction of sp³-hybridized carbons (Fsp3) is 0.473. The first kappa shape index (κ1) is 49.1. The molecule has 0 bridgehead atoms. The van der Waals surface area contributed by atoms with Crippen molar-refractivity contribution in [1.29, 1.82) is 0 Å². The number of urea groups is 1. The maximum atomic E-state index is 16.5.